The molecule has 32 heavy (non-hydrogen) atoms. The van der Waals surface area contributed by atoms with Crippen LogP contribution in [0.25, 0.3) is 22.3 Å². The Morgan fingerprint density at radius 1 is 0.938 bits per heavy atom. The Balaban J connectivity index is 1.53. The summed E-state index contributed by atoms with van der Waals surface area (Å²) < 4.78 is 5.49. The zero-order chi connectivity index (χ0) is 21.8. The number of anilines is 2. The number of rotatable bonds is 5. The van der Waals surface area contributed by atoms with Crippen molar-refractivity contribution < 1.29 is 4.74 Å². The van der Waals surface area contributed by atoms with Crippen LogP contribution >= 0.6 is 0 Å². The molecule has 1 aliphatic rings. The molecule has 1 fully saturated rings. The van der Waals surface area contributed by atoms with Crippen LogP contribution in [0.4, 0.5) is 11.8 Å². The fourth-order valence-corrected chi connectivity index (χ4v) is 3.68. The van der Waals surface area contributed by atoms with Crippen molar-refractivity contribution in [3.63, 3.8) is 0 Å². The van der Waals surface area contributed by atoms with Gasteiger partial charge in [-0.05, 0) is 24.6 Å². The van der Waals surface area contributed by atoms with E-state index in [1.165, 1.54) is 5.56 Å². The van der Waals surface area contributed by atoms with Gasteiger partial charge in [0.1, 0.15) is 0 Å². The predicted molar refractivity (Wildman–Crippen MR) is 128 cm³/mol. The van der Waals surface area contributed by atoms with E-state index in [2.05, 4.69) is 34.5 Å². The van der Waals surface area contributed by atoms with Crippen LogP contribution in [0.1, 0.15) is 11.1 Å². The second-order valence-electron chi connectivity index (χ2n) is 7.69. The number of hydrogen-bond acceptors (Lipinski definition) is 7. The number of nitrogens with zero attached hydrogens (tertiary/aromatic N) is 5. The van der Waals surface area contributed by atoms with Crippen molar-refractivity contribution in [1.82, 2.24) is 15.0 Å². The first-order valence-corrected chi connectivity index (χ1v) is 10.7. The third-order valence-corrected chi connectivity index (χ3v) is 5.34. The monoisotopic (exact) mass is 424 g/mol. The first-order chi connectivity index (χ1) is 15.8. The lowest BCUT2D eigenvalue weighted by molar-refractivity contribution is 0.122. The van der Waals surface area contributed by atoms with E-state index in [1.54, 1.807) is 6.21 Å². The number of nitrogens with one attached hydrogen (secondary N) is 1. The number of hydrazone groups is 1. The molecule has 0 bridgehead atoms. The number of hydrogen-bond donors (Lipinski definition) is 1. The van der Waals surface area contributed by atoms with Crippen molar-refractivity contribution in [2.45, 2.75) is 6.92 Å². The van der Waals surface area contributed by atoms with Gasteiger partial charge in [-0.15, -0.1) is 0 Å². The molecule has 7 nitrogen and oxygen atoms in total. The summed E-state index contributed by atoms with van der Waals surface area (Å²) in [5.41, 5.74) is 7.88. The van der Waals surface area contributed by atoms with Crippen LogP contribution in [0, 0.1) is 6.92 Å². The van der Waals surface area contributed by atoms with Crippen LogP contribution in [0.3, 0.4) is 0 Å². The van der Waals surface area contributed by atoms with E-state index in [-0.39, 0.29) is 0 Å². The van der Waals surface area contributed by atoms with Gasteiger partial charge in [-0.2, -0.15) is 15.1 Å². The molecule has 7 heteroatoms. The fraction of sp³-hybridized carbons (Fsp3) is 0.200. The molecule has 3 heterocycles. The minimum atomic E-state index is 0.631. The van der Waals surface area contributed by atoms with E-state index >= 15 is 0 Å². The van der Waals surface area contributed by atoms with Crippen LogP contribution in [0.5, 0.6) is 0 Å². The molecule has 1 aliphatic heterocycles. The standard InChI is InChI=1S/C25H24N6O/c1-18-6-5-7-19(16-18)17-26-30-24-21-10-11-22(20-8-3-2-4-9-20)27-23(21)28-25(29-24)31-12-14-32-15-13-31/h2-11,16-17H,12-15H2,1H3,(H,27,28,29,30). The highest BCUT2D eigenvalue weighted by atomic mass is 16.5. The van der Waals surface area contributed by atoms with E-state index < -0.39 is 0 Å². The third-order valence-electron chi connectivity index (χ3n) is 5.34. The van der Waals surface area contributed by atoms with Gasteiger partial charge in [0.25, 0.3) is 0 Å². The number of morpholine rings is 1. The summed E-state index contributed by atoms with van der Waals surface area (Å²) >= 11 is 0. The number of fused-ring (bicyclic) bond motifs is 1. The molecule has 0 unspecified atom stereocenters. The average molecular weight is 425 g/mol. The van der Waals surface area contributed by atoms with Crippen LogP contribution in [0.2, 0.25) is 0 Å². The van der Waals surface area contributed by atoms with Crippen LogP contribution < -0.4 is 10.3 Å². The molecular weight excluding hydrogens is 400 g/mol. The van der Waals surface area contributed by atoms with Crippen molar-refractivity contribution in [1.29, 1.82) is 0 Å². The Hall–Kier alpha value is -3.84. The molecule has 0 atom stereocenters. The molecule has 0 spiro atoms. The molecule has 0 saturated carbocycles. The van der Waals surface area contributed by atoms with Gasteiger partial charge in [0, 0.05) is 18.7 Å². The zero-order valence-electron chi connectivity index (χ0n) is 17.9. The minimum Gasteiger partial charge on any atom is -0.378 e. The van der Waals surface area contributed by atoms with E-state index in [1.807, 2.05) is 54.6 Å². The Morgan fingerprint density at radius 2 is 1.78 bits per heavy atom. The van der Waals surface area contributed by atoms with Gasteiger partial charge in [0.05, 0.1) is 30.5 Å². The van der Waals surface area contributed by atoms with Crippen LogP contribution in [-0.2, 0) is 4.74 Å². The summed E-state index contributed by atoms with van der Waals surface area (Å²) in [7, 11) is 0. The van der Waals surface area contributed by atoms with E-state index in [4.69, 9.17) is 19.7 Å². The summed E-state index contributed by atoms with van der Waals surface area (Å²) in [5, 5.41) is 5.26. The molecule has 2 aromatic carbocycles. The lowest BCUT2D eigenvalue weighted by Crippen LogP contribution is -2.37. The molecule has 1 saturated heterocycles. The fourth-order valence-electron chi connectivity index (χ4n) is 3.68. The van der Waals surface area contributed by atoms with Gasteiger partial charge in [-0.3, -0.25) is 5.43 Å². The SMILES string of the molecule is Cc1cccc(C=NNc2nc(N3CCOCC3)nc3nc(-c4ccccc4)ccc23)c1. The second kappa shape index (κ2) is 9.11. The number of pyridine rings is 1. The molecule has 5 rings (SSSR count). The normalized spacial score (nSPS) is 14.2. The lowest BCUT2D eigenvalue weighted by Gasteiger charge is -2.27. The molecule has 0 radical (unpaired) electrons. The molecule has 4 aromatic rings. The van der Waals surface area contributed by atoms with Gasteiger partial charge in [-0.25, -0.2) is 4.98 Å². The van der Waals surface area contributed by atoms with Crippen LogP contribution in [-0.4, -0.2) is 47.5 Å². The van der Waals surface area contributed by atoms with Crippen molar-refractivity contribution in [2.75, 3.05) is 36.6 Å². The first kappa shape index (κ1) is 20.1. The number of aromatic nitrogens is 3. The number of ether oxygens (including phenoxy) is 1. The topological polar surface area (TPSA) is 75.5 Å². The Morgan fingerprint density at radius 3 is 2.59 bits per heavy atom. The van der Waals surface area contributed by atoms with Gasteiger partial charge < -0.3 is 9.64 Å². The minimum absolute atomic E-state index is 0.631. The number of benzene rings is 2. The highest BCUT2D eigenvalue weighted by Crippen LogP contribution is 2.26. The second-order valence-corrected chi connectivity index (χ2v) is 7.69. The van der Waals surface area contributed by atoms with Crippen molar-refractivity contribution in [3.8, 4) is 11.3 Å². The van der Waals surface area contributed by atoms with Crippen molar-refractivity contribution in [2.24, 2.45) is 5.10 Å². The smallest absolute Gasteiger partial charge is 0.229 e. The van der Waals surface area contributed by atoms with Crippen molar-refractivity contribution in [3.05, 3.63) is 77.9 Å². The molecule has 160 valence electrons. The highest BCUT2D eigenvalue weighted by Gasteiger charge is 2.17. The van der Waals surface area contributed by atoms with Gasteiger partial charge in [0.2, 0.25) is 5.95 Å². The molecule has 0 amide bonds. The summed E-state index contributed by atoms with van der Waals surface area (Å²) in [4.78, 5) is 16.5. The van der Waals surface area contributed by atoms with E-state index in [9.17, 15) is 0 Å². The predicted octanol–water partition coefficient (Wildman–Crippen LogP) is 4.28. The summed E-state index contributed by atoms with van der Waals surface area (Å²) in [5.74, 6) is 1.26. The Kier molecular flexibility index (Phi) is 5.72. The first-order valence-electron chi connectivity index (χ1n) is 10.7. The maximum atomic E-state index is 5.49. The molecule has 1 N–H and O–H groups in total. The lowest BCUT2D eigenvalue weighted by atomic mass is 10.1. The largest absolute Gasteiger partial charge is 0.378 e. The average Bonchev–Trinajstić information content (AvgIpc) is 2.84. The maximum absolute atomic E-state index is 5.49. The quantitative estimate of drug-likeness (QED) is 0.381. The third kappa shape index (κ3) is 4.43. The van der Waals surface area contributed by atoms with Gasteiger partial charge in [0.15, 0.2) is 11.5 Å². The number of aryl methyl sites for hydroxylation is 1. The molecule has 0 aliphatic carbocycles. The summed E-state index contributed by atoms with van der Waals surface area (Å²) in [6, 6.07) is 22.3. The summed E-state index contributed by atoms with van der Waals surface area (Å²) in [6.07, 6.45) is 1.79. The zero-order valence-corrected chi connectivity index (χ0v) is 17.9. The van der Waals surface area contributed by atoms with Crippen molar-refractivity contribution >= 4 is 29.0 Å². The molecule has 2 aromatic heterocycles. The summed E-state index contributed by atoms with van der Waals surface area (Å²) in [6.45, 7) is 4.87. The van der Waals surface area contributed by atoms with E-state index in [0.717, 1.165) is 35.3 Å². The van der Waals surface area contributed by atoms with Crippen LogP contribution in [0.15, 0.2) is 71.8 Å². The maximum Gasteiger partial charge on any atom is 0.229 e. The van der Waals surface area contributed by atoms with Gasteiger partial charge in [-0.1, -0.05) is 60.2 Å². The van der Waals surface area contributed by atoms with Gasteiger partial charge >= 0.3 is 0 Å². The Labute approximate surface area is 186 Å². The highest BCUT2D eigenvalue weighted by molar-refractivity contribution is 5.90. The Bertz CT molecular complexity index is 1250. The molecular formula is C25H24N6O. The van der Waals surface area contributed by atoms with E-state index in [0.29, 0.717) is 30.6 Å².